The zero-order valence-electron chi connectivity index (χ0n) is 15.5. The van der Waals surface area contributed by atoms with Crippen molar-refractivity contribution >= 4 is 17.6 Å². The Kier molecular flexibility index (Phi) is 6.30. The van der Waals surface area contributed by atoms with Gasteiger partial charge < -0.3 is 20.3 Å². The van der Waals surface area contributed by atoms with Gasteiger partial charge in [-0.2, -0.15) is 0 Å². The van der Waals surface area contributed by atoms with Crippen LogP contribution in [0, 0.1) is 0 Å². The number of anilines is 1. The van der Waals surface area contributed by atoms with Gasteiger partial charge in [-0.25, -0.2) is 4.79 Å². The lowest BCUT2D eigenvalue weighted by atomic mass is 10.1. The lowest BCUT2D eigenvalue weighted by Gasteiger charge is -2.24. The highest BCUT2D eigenvalue weighted by Gasteiger charge is 2.34. The molecule has 1 heterocycles. The number of hydrogen-bond acceptors (Lipinski definition) is 3. The van der Waals surface area contributed by atoms with E-state index in [9.17, 15) is 9.59 Å². The molecule has 0 aromatic heterocycles. The Morgan fingerprint density at radius 3 is 2.63 bits per heavy atom. The van der Waals surface area contributed by atoms with Gasteiger partial charge in [-0.05, 0) is 37.0 Å². The quantitative estimate of drug-likeness (QED) is 0.824. The summed E-state index contributed by atoms with van der Waals surface area (Å²) in [5.74, 6) is 0.493. The molecule has 3 amide bonds. The summed E-state index contributed by atoms with van der Waals surface area (Å²) in [6, 6.07) is 16.5. The number of amides is 3. The summed E-state index contributed by atoms with van der Waals surface area (Å²) >= 11 is 0. The Bertz CT molecular complexity index is 779. The summed E-state index contributed by atoms with van der Waals surface area (Å²) in [4.78, 5) is 26.8. The highest BCUT2D eigenvalue weighted by Crippen LogP contribution is 2.25. The van der Waals surface area contributed by atoms with Gasteiger partial charge in [0, 0.05) is 13.1 Å². The third-order valence-electron chi connectivity index (χ3n) is 4.72. The molecule has 2 aromatic rings. The molecule has 1 aliphatic heterocycles. The van der Waals surface area contributed by atoms with Crippen molar-refractivity contribution in [2.24, 2.45) is 0 Å². The maximum absolute atomic E-state index is 12.7. The first-order valence-corrected chi connectivity index (χ1v) is 9.21. The Morgan fingerprint density at radius 1 is 1.11 bits per heavy atom. The van der Waals surface area contributed by atoms with Crippen LogP contribution < -0.4 is 15.4 Å². The average molecular weight is 367 g/mol. The molecule has 2 aromatic carbocycles. The number of carbonyl (C=O) groups is 2. The van der Waals surface area contributed by atoms with Crippen LogP contribution in [0.5, 0.6) is 5.75 Å². The molecule has 0 bridgehead atoms. The van der Waals surface area contributed by atoms with E-state index in [0.29, 0.717) is 30.9 Å². The second-order valence-corrected chi connectivity index (χ2v) is 6.51. The van der Waals surface area contributed by atoms with Gasteiger partial charge >= 0.3 is 6.03 Å². The van der Waals surface area contributed by atoms with Crippen molar-refractivity contribution in [2.75, 3.05) is 25.5 Å². The van der Waals surface area contributed by atoms with Gasteiger partial charge in [0.2, 0.25) is 5.91 Å². The molecular formula is C21H25N3O3. The van der Waals surface area contributed by atoms with E-state index in [1.54, 1.807) is 24.1 Å². The smallest absolute Gasteiger partial charge is 0.322 e. The number of methoxy groups -OCH3 is 1. The van der Waals surface area contributed by atoms with E-state index in [-0.39, 0.29) is 11.9 Å². The summed E-state index contributed by atoms with van der Waals surface area (Å²) in [7, 11) is 1.56. The van der Waals surface area contributed by atoms with Crippen LogP contribution in [-0.4, -0.2) is 43.1 Å². The number of likely N-dealkylation sites (tertiary alicyclic amines) is 1. The van der Waals surface area contributed by atoms with E-state index in [4.69, 9.17) is 4.74 Å². The largest absolute Gasteiger partial charge is 0.495 e. The first-order valence-electron chi connectivity index (χ1n) is 9.21. The molecule has 0 saturated carbocycles. The molecule has 142 valence electrons. The number of rotatable bonds is 6. The van der Waals surface area contributed by atoms with Crippen molar-refractivity contribution in [1.29, 1.82) is 0 Å². The maximum atomic E-state index is 12.7. The van der Waals surface area contributed by atoms with E-state index >= 15 is 0 Å². The third kappa shape index (κ3) is 4.78. The van der Waals surface area contributed by atoms with Gasteiger partial charge in [0.15, 0.2) is 0 Å². The molecule has 1 fully saturated rings. The van der Waals surface area contributed by atoms with Crippen LogP contribution in [0.1, 0.15) is 18.4 Å². The van der Waals surface area contributed by atoms with Crippen molar-refractivity contribution in [3.05, 3.63) is 60.2 Å². The predicted molar refractivity (Wildman–Crippen MR) is 105 cm³/mol. The number of hydrogen-bond donors (Lipinski definition) is 2. The van der Waals surface area contributed by atoms with Crippen LogP contribution in [0.4, 0.5) is 10.5 Å². The van der Waals surface area contributed by atoms with E-state index < -0.39 is 6.04 Å². The molecule has 0 spiro atoms. The summed E-state index contributed by atoms with van der Waals surface area (Å²) in [5.41, 5.74) is 1.77. The number of nitrogens with zero attached hydrogens (tertiary/aromatic N) is 1. The van der Waals surface area contributed by atoms with E-state index in [2.05, 4.69) is 10.6 Å². The van der Waals surface area contributed by atoms with Crippen LogP contribution in [-0.2, 0) is 11.2 Å². The summed E-state index contributed by atoms with van der Waals surface area (Å²) in [6.07, 6.45) is 2.26. The fraction of sp³-hybridized carbons (Fsp3) is 0.333. The first-order chi connectivity index (χ1) is 13.2. The number of para-hydroxylation sites is 2. The topological polar surface area (TPSA) is 70.7 Å². The molecular weight excluding hydrogens is 342 g/mol. The van der Waals surface area contributed by atoms with E-state index in [0.717, 1.165) is 12.8 Å². The van der Waals surface area contributed by atoms with Crippen LogP contribution in [0.3, 0.4) is 0 Å². The minimum absolute atomic E-state index is 0.0985. The van der Waals surface area contributed by atoms with E-state index in [1.807, 2.05) is 42.5 Å². The van der Waals surface area contributed by atoms with Gasteiger partial charge in [-0.1, -0.05) is 42.5 Å². The van der Waals surface area contributed by atoms with Gasteiger partial charge in [0.05, 0.1) is 12.8 Å². The molecule has 3 rings (SSSR count). The number of ether oxygens (including phenoxy) is 1. The first kappa shape index (κ1) is 18.8. The van der Waals surface area contributed by atoms with E-state index in [1.165, 1.54) is 5.56 Å². The van der Waals surface area contributed by atoms with Crippen molar-refractivity contribution in [3.8, 4) is 5.75 Å². The van der Waals surface area contributed by atoms with Gasteiger partial charge in [0.25, 0.3) is 0 Å². The number of nitrogens with one attached hydrogen (secondary N) is 2. The van der Waals surface area contributed by atoms with Crippen molar-refractivity contribution in [2.45, 2.75) is 25.3 Å². The molecule has 2 N–H and O–H groups in total. The van der Waals surface area contributed by atoms with Crippen LogP contribution >= 0.6 is 0 Å². The van der Waals surface area contributed by atoms with Crippen molar-refractivity contribution in [3.63, 3.8) is 0 Å². The van der Waals surface area contributed by atoms with Gasteiger partial charge in [-0.15, -0.1) is 0 Å². The minimum Gasteiger partial charge on any atom is -0.495 e. The molecule has 27 heavy (non-hydrogen) atoms. The Labute approximate surface area is 159 Å². The monoisotopic (exact) mass is 367 g/mol. The lowest BCUT2D eigenvalue weighted by molar-refractivity contribution is -0.124. The maximum Gasteiger partial charge on any atom is 0.322 e. The Morgan fingerprint density at radius 2 is 1.85 bits per heavy atom. The van der Waals surface area contributed by atoms with Gasteiger partial charge in [-0.3, -0.25) is 4.79 Å². The highest BCUT2D eigenvalue weighted by atomic mass is 16.5. The summed E-state index contributed by atoms with van der Waals surface area (Å²) in [6.45, 7) is 1.12. The molecule has 6 heteroatoms. The fourth-order valence-electron chi connectivity index (χ4n) is 3.31. The summed E-state index contributed by atoms with van der Waals surface area (Å²) < 4.78 is 5.27. The Balaban J connectivity index is 1.55. The number of carbonyl (C=O) groups excluding carboxylic acids is 2. The molecule has 1 saturated heterocycles. The molecule has 0 unspecified atom stereocenters. The predicted octanol–water partition coefficient (Wildman–Crippen LogP) is 3.05. The normalized spacial score (nSPS) is 16.0. The zero-order valence-corrected chi connectivity index (χ0v) is 15.5. The second kappa shape index (κ2) is 9.07. The van der Waals surface area contributed by atoms with Crippen molar-refractivity contribution < 1.29 is 14.3 Å². The van der Waals surface area contributed by atoms with Crippen LogP contribution in [0.15, 0.2) is 54.6 Å². The molecule has 0 radical (unpaired) electrons. The zero-order chi connectivity index (χ0) is 19.1. The van der Waals surface area contributed by atoms with Gasteiger partial charge in [0.1, 0.15) is 11.8 Å². The lowest BCUT2D eigenvalue weighted by Crippen LogP contribution is -2.47. The van der Waals surface area contributed by atoms with Crippen LogP contribution in [0.2, 0.25) is 0 Å². The van der Waals surface area contributed by atoms with Crippen molar-refractivity contribution in [1.82, 2.24) is 10.2 Å². The SMILES string of the molecule is COc1ccccc1NC(=O)N1CCC[C@@H]1C(=O)NCCc1ccccc1. The number of benzene rings is 2. The minimum atomic E-state index is -0.435. The molecule has 0 aliphatic carbocycles. The third-order valence-corrected chi connectivity index (χ3v) is 4.72. The second-order valence-electron chi connectivity index (χ2n) is 6.51. The standard InChI is InChI=1S/C21H25N3O3/c1-27-19-12-6-5-10-17(19)23-21(26)24-15-7-11-18(24)20(25)22-14-13-16-8-3-2-4-9-16/h2-6,8-10,12,18H,7,11,13-15H2,1H3,(H,22,25)(H,23,26)/t18-/m1/s1. The highest BCUT2D eigenvalue weighted by molar-refractivity contribution is 5.95. The fourth-order valence-corrected chi connectivity index (χ4v) is 3.31. The Hall–Kier alpha value is -3.02. The average Bonchev–Trinajstić information content (AvgIpc) is 3.19. The molecule has 6 nitrogen and oxygen atoms in total. The van der Waals surface area contributed by atoms with Crippen LogP contribution in [0.25, 0.3) is 0 Å². The number of urea groups is 1. The molecule has 1 atom stereocenters. The molecule has 1 aliphatic rings. The summed E-state index contributed by atoms with van der Waals surface area (Å²) in [5, 5.41) is 5.81.